The number of amides is 1. The van der Waals surface area contributed by atoms with Crippen LogP contribution in [0.5, 0.6) is 11.5 Å². The molecule has 0 radical (unpaired) electrons. The second kappa shape index (κ2) is 6.58. The predicted octanol–water partition coefficient (Wildman–Crippen LogP) is 3.50. The maximum absolute atomic E-state index is 12.3. The number of methoxy groups -OCH3 is 2. The minimum atomic E-state index is -0.297. The molecule has 0 saturated carbocycles. The van der Waals surface area contributed by atoms with E-state index in [9.17, 15) is 4.79 Å². The van der Waals surface area contributed by atoms with Crippen LogP contribution in [0.1, 0.15) is 15.9 Å². The summed E-state index contributed by atoms with van der Waals surface area (Å²) in [7, 11) is 3.00. The van der Waals surface area contributed by atoms with Crippen LogP contribution in [0.2, 0.25) is 5.02 Å². The van der Waals surface area contributed by atoms with E-state index < -0.39 is 0 Å². The van der Waals surface area contributed by atoms with Crippen molar-refractivity contribution in [2.75, 3.05) is 25.3 Å². The normalized spacial score (nSPS) is 10.2. The minimum Gasteiger partial charge on any atom is -0.495 e. The number of hydrogen-bond donors (Lipinski definition) is 2. The largest absolute Gasteiger partial charge is 0.495 e. The second-order valence-corrected chi connectivity index (χ2v) is 5.12. The number of carbonyl (C=O) groups is 1. The molecule has 3 N–H and O–H groups in total. The summed E-state index contributed by atoms with van der Waals surface area (Å²) in [6, 6.07) is 8.32. The van der Waals surface area contributed by atoms with Gasteiger partial charge in [0.1, 0.15) is 11.5 Å². The van der Waals surface area contributed by atoms with Gasteiger partial charge in [0.2, 0.25) is 0 Å². The molecule has 2 aromatic rings. The highest BCUT2D eigenvalue weighted by molar-refractivity contribution is 6.32. The molecule has 2 rings (SSSR count). The lowest BCUT2D eigenvalue weighted by atomic mass is 10.1. The molecule has 0 bridgehead atoms. The summed E-state index contributed by atoms with van der Waals surface area (Å²) in [6.45, 7) is 1.88. The SMILES string of the molecule is COc1cc(NC(=O)c2ccc(C)c(N)c2)c(OC)cc1Cl. The number of rotatable bonds is 4. The van der Waals surface area contributed by atoms with Crippen molar-refractivity contribution >= 4 is 28.9 Å². The van der Waals surface area contributed by atoms with Crippen molar-refractivity contribution in [3.05, 3.63) is 46.5 Å². The van der Waals surface area contributed by atoms with Crippen molar-refractivity contribution < 1.29 is 14.3 Å². The van der Waals surface area contributed by atoms with Crippen LogP contribution in [0.4, 0.5) is 11.4 Å². The van der Waals surface area contributed by atoms with Gasteiger partial charge in [0.15, 0.2) is 0 Å². The van der Waals surface area contributed by atoms with Gasteiger partial charge in [-0.1, -0.05) is 17.7 Å². The van der Waals surface area contributed by atoms with E-state index in [0.29, 0.717) is 33.5 Å². The minimum absolute atomic E-state index is 0.297. The van der Waals surface area contributed by atoms with Gasteiger partial charge in [0.25, 0.3) is 5.91 Å². The number of halogens is 1. The number of ether oxygens (including phenoxy) is 2. The van der Waals surface area contributed by atoms with E-state index in [4.69, 9.17) is 26.8 Å². The second-order valence-electron chi connectivity index (χ2n) is 4.71. The standard InChI is InChI=1S/C16H17ClN2O3/c1-9-4-5-10(6-12(9)18)16(20)19-13-8-14(21-2)11(17)7-15(13)22-3/h4-8H,18H2,1-3H3,(H,19,20). The lowest BCUT2D eigenvalue weighted by Gasteiger charge is -2.13. The lowest BCUT2D eigenvalue weighted by molar-refractivity contribution is 0.102. The molecule has 6 heteroatoms. The zero-order valence-electron chi connectivity index (χ0n) is 12.6. The summed E-state index contributed by atoms with van der Waals surface area (Å²) in [5, 5.41) is 3.17. The Hall–Kier alpha value is -2.40. The fourth-order valence-electron chi connectivity index (χ4n) is 1.93. The van der Waals surface area contributed by atoms with Gasteiger partial charge in [0, 0.05) is 23.4 Å². The number of carbonyl (C=O) groups excluding carboxylic acids is 1. The molecule has 0 aromatic heterocycles. The van der Waals surface area contributed by atoms with Crippen molar-refractivity contribution in [3.63, 3.8) is 0 Å². The summed E-state index contributed by atoms with van der Waals surface area (Å²) in [5.74, 6) is 0.592. The first-order valence-corrected chi connectivity index (χ1v) is 6.93. The van der Waals surface area contributed by atoms with E-state index in [1.807, 2.05) is 6.92 Å². The Morgan fingerprint density at radius 3 is 2.41 bits per heavy atom. The molecule has 0 aliphatic heterocycles. The van der Waals surface area contributed by atoms with Gasteiger partial charge in [-0.25, -0.2) is 0 Å². The number of anilines is 2. The average Bonchev–Trinajstić information content (AvgIpc) is 2.51. The molecule has 116 valence electrons. The van der Waals surface area contributed by atoms with E-state index in [1.165, 1.54) is 14.2 Å². The van der Waals surface area contributed by atoms with Gasteiger partial charge in [-0.15, -0.1) is 0 Å². The van der Waals surface area contributed by atoms with Gasteiger partial charge in [-0.2, -0.15) is 0 Å². The molecule has 0 heterocycles. The molecule has 0 unspecified atom stereocenters. The molecule has 0 aliphatic carbocycles. The third-order valence-electron chi connectivity index (χ3n) is 3.26. The van der Waals surface area contributed by atoms with Crippen LogP contribution in [0, 0.1) is 6.92 Å². The van der Waals surface area contributed by atoms with Gasteiger partial charge in [-0.3, -0.25) is 4.79 Å². The Balaban J connectivity index is 2.32. The van der Waals surface area contributed by atoms with E-state index in [0.717, 1.165) is 5.56 Å². The third kappa shape index (κ3) is 3.26. The zero-order valence-corrected chi connectivity index (χ0v) is 13.3. The van der Waals surface area contributed by atoms with Crippen LogP contribution in [-0.4, -0.2) is 20.1 Å². The number of nitrogens with one attached hydrogen (secondary N) is 1. The summed E-state index contributed by atoms with van der Waals surface area (Å²) in [5.41, 5.74) is 8.24. The molecular formula is C16H17ClN2O3. The fraction of sp³-hybridized carbons (Fsp3) is 0.188. The molecule has 5 nitrogen and oxygen atoms in total. The van der Waals surface area contributed by atoms with Crippen molar-refractivity contribution in [1.29, 1.82) is 0 Å². The summed E-state index contributed by atoms with van der Waals surface area (Å²) in [4.78, 5) is 12.3. The molecule has 22 heavy (non-hydrogen) atoms. The fourth-order valence-corrected chi connectivity index (χ4v) is 2.17. The Labute approximate surface area is 134 Å². The quantitative estimate of drug-likeness (QED) is 0.846. The van der Waals surface area contributed by atoms with Gasteiger partial charge in [0.05, 0.1) is 24.9 Å². The van der Waals surface area contributed by atoms with Crippen LogP contribution < -0.4 is 20.5 Å². The van der Waals surface area contributed by atoms with E-state index >= 15 is 0 Å². The van der Waals surface area contributed by atoms with Gasteiger partial charge < -0.3 is 20.5 Å². The number of benzene rings is 2. The topological polar surface area (TPSA) is 73.6 Å². The third-order valence-corrected chi connectivity index (χ3v) is 3.56. The molecule has 2 aromatic carbocycles. The summed E-state index contributed by atoms with van der Waals surface area (Å²) < 4.78 is 10.4. The number of aryl methyl sites for hydroxylation is 1. The van der Waals surface area contributed by atoms with Crippen LogP contribution in [0.25, 0.3) is 0 Å². The Bertz CT molecular complexity index is 717. The van der Waals surface area contributed by atoms with Gasteiger partial charge in [-0.05, 0) is 24.6 Å². The lowest BCUT2D eigenvalue weighted by Crippen LogP contribution is -2.13. The molecule has 0 saturated heterocycles. The monoisotopic (exact) mass is 320 g/mol. The molecule has 0 atom stereocenters. The highest BCUT2D eigenvalue weighted by Gasteiger charge is 2.14. The zero-order chi connectivity index (χ0) is 16.3. The average molecular weight is 321 g/mol. The first kappa shape index (κ1) is 16.0. The highest BCUT2D eigenvalue weighted by atomic mass is 35.5. The molecule has 0 spiro atoms. The maximum Gasteiger partial charge on any atom is 0.255 e. The number of nitrogens with two attached hydrogens (primary N) is 1. The number of nitrogen functional groups attached to an aromatic ring is 1. The van der Waals surface area contributed by atoms with E-state index in [1.54, 1.807) is 30.3 Å². The smallest absolute Gasteiger partial charge is 0.255 e. The first-order valence-electron chi connectivity index (χ1n) is 6.55. The summed E-state index contributed by atoms with van der Waals surface area (Å²) in [6.07, 6.45) is 0. The molecule has 1 amide bonds. The maximum atomic E-state index is 12.3. The molecule has 0 fully saturated rings. The summed E-state index contributed by atoms with van der Waals surface area (Å²) >= 11 is 6.04. The van der Waals surface area contributed by atoms with E-state index in [2.05, 4.69) is 5.32 Å². The first-order chi connectivity index (χ1) is 10.5. The molecule has 0 aliphatic rings. The Kier molecular flexibility index (Phi) is 4.78. The van der Waals surface area contributed by atoms with Crippen LogP contribution in [0.15, 0.2) is 30.3 Å². The van der Waals surface area contributed by atoms with E-state index in [-0.39, 0.29) is 5.91 Å². The van der Waals surface area contributed by atoms with Crippen molar-refractivity contribution in [3.8, 4) is 11.5 Å². The van der Waals surface area contributed by atoms with Crippen LogP contribution in [0.3, 0.4) is 0 Å². The number of hydrogen-bond acceptors (Lipinski definition) is 4. The van der Waals surface area contributed by atoms with Crippen molar-refractivity contribution in [2.24, 2.45) is 0 Å². The van der Waals surface area contributed by atoms with Crippen LogP contribution >= 0.6 is 11.6 Å². The van der Waals surface area contributed by atoms with Gasteiger partial charge >= 0.3 is 0 Å². The van der Waals surface area contributed by atoms with Crippen molar-refractivity contribution in [2.45, 2.75) is 6.92 Å². The Morgan fingerprint density at radius 1 is 1.14 bits per heavy atom. The Morgan fingerprint density at radius 2 is 1.82 bits per heavy atom. The predicted molar refractivity (Wildman–Crippen MR) is 88.1 cm³/mol. The molecular weight excluding hydrogens is 304 g/mol. The van der Waals surface area contributed by atoms with Crippen molar-refractivity contribution in [1.82, 2.24) is 0 Å². The highest BCUT2D eigenvalue weighted by Crippen LogP contribution is 2.36. The van der Waals surface area contributed by atoms with Crippen LogP contribution in [-0.2, 0) is 0 Å².